The van der Waals surface area contributed by atoms with Gasteiger partial charge in [0.15, 0.2) is 23.0 Å². The zero-order valence-electron chi connectivity index (χ0n) is 20.4. The van der Waals surface area contributed by atoms with Gasteiger partial charge in [-0.05, 0) is 53.4 Å². The minimum Gasteiger partial charge on any atom is -0.504 e. The van der Waals surface area contributed by atoms with Crippen LogP contribution in [0.4, 0.5) is 0 Å². The number of rotatable bonds is 5. The van der Waals surface area contributed by atoms with Crippen LogP contribution in [0.25, 0.3) is 0 Å². The molecule has 0 bridgehead atoms. The molecule has 35 heavy (non-hydrogen) atoms. The minimum atomic E-state index is -1.74. The molecule has 0 spiro atoms. The van der Waals surface area contributed by atoms with E-state index >= 15 is 0 Å². The zero-order valence-corrected chi connectivity index (χ0v) is 21.2. The van der Waals surface area contributed by atoms with Crippen molar-refractivity contribution in [3.63, 3.8) is 0 Å². The van der Waals surface area contributed by atoms with Crippen molar-refractivity contribution in [1.82, 2.24) is 4.90 Å². The normalized spacial score (nSPS) is 19.2. The molecule has 0 radical (unpaired) electrons. The van der Waals surface area contributed by atoms with E-state index in [0.717, 1.165) is 23.1 Å². The molecular formula is C27H31NO6S. The van der Waals surface area contributed by atoms with Gasteiger partial charge in [0.05, 0.1) is 31.3 Å². The van der Waals surface area contributed by atoms with Crippen LogP contribution < -0.4 is 13.7 Å². The van der Waals surface area contributed by atoms with Crippen LogP contribution in [0.5, 0.6) is 23.0 Å². The molecule has 2 heterocycles. The fraction of sp³-hybridized carbons (Fsp3) is 0.333. The van der Waals surface area contributed by atoms with Crippen LogP contribution >= 0.6 is 0 Å². The Labute approximate surface area is 208 Å². The van der Waals surface area contributed by atoms with Crippen molar-refractivity contribution in [1.29, 1.82) is 0 Å². The summed E-state index contributed by atoms with van der Waals surface area (Å²) in [7, 11) is 3.06. The average Bonchev–Trinajstić information content (AvgIpc) is 2.90. The number of benzene rings is 3. The van der Waals surface area contributed by atoms with E-state index in [1.807, 2.05) is 32.0 Å². The molecule has 8 heteroatoms. The lowest BCUT2D eigenvalue weighted by molar-refractivity contribution is 0.0198. The van der Waals surface area contributed by atoms with Crippen molar-refractivity contribution in [3.8, 4) is 23.0 Å². The van der Waals surface area contributed by atoms with E-state index in [1.165, 1.54) is 14.2 Å². The molecule has 0 aromatic heterocycles. The molecular weight excluding hydrogens is 466 g/mol. The van der Waals surface area contributed by atoms with Crippen molar-refractivity contribution in [2.45, 2.75) is 43.9 Å². The van der Waals surface area contributed by atoms with Crippen molar-refractivity contribution in [3.05, 3.63) is 76.9 Å². The summed E-state index contributed by atoms with van der Waals surface area (Å²) in [6, 6.07) is 15.7. The van der Waals surface area contributed by atoms with Crippen molar-refractivity contribution in [2.24, 2.45) is 0 Å². The predicted molar refractivity (Wildman–Crippen MR) is 134 cm³/mol. The highest BCUT2D eigenvalue weighted by atomic mass is 32.2. The molecule has 3 aromatic rings. The van der Waals surface area contributed by atoms with Gasteiger partial charge in [0.25, 0.3) is 0 Å². The number of aromatic hydroxyl groups is 1. The van der Waals surface area contributed by atoms with E-state index in [1.54, 1.807) is 36.4 Å². The van der Waals surface area contributed by atoms with Gasteiger partial charge in [0.1, 0.15) is 0 Å². The SMILES string of the molecule is CC.COc1cc2c(cc1O)C1C(O)c3ccc(OC)c(OS(=O)c4ccccc4)c3CN1CC2. The number of hydrogen-bond donors (Lipinski definition) is 2. The molecule has 5 rings (SSSR count). The molecule has 0 fully saturated rings. The minimum absolute atomic E-state index is 0.0492. The van der Waals surface area contributed by atoms with Crippen molar-refractivity contribution in [2.75, 3.05) is 20.8 Å². The summed E-state index contributed by atoms with van der Waals surface area (Å²) >= 11 is -1.74. The van der Waals surface area contributed by atoms with Gasteiger partial charge in [-0.1, -0.05) is 38.1 Å². The van der Waals surface area contributed by atoms with Gasteiger partial charge in [-0.2, -0.15) is 0 Å². The molecule has 0 amide bonds. The lowest BCUT2D eigenvalue weighted by Gasteiger charge is -2.44. The summed E-state index contributed by atoms with van der Waals surface area (Å²) < 4.78 is 29.6. The number of phenolic OH excluding ortho intramolecular Hbond substituents is 1. The highest BCUT2D eigenvalue weighted by molar-refractivity contribution is 7.80. The van der Waals surface area contributed by atoms with Crippen LogP contribution in [0, 0.1) is 0 Å². The Hall–Kier alpha value is -3.07. The fourth-order valence-corrected chi connectivity index (χ4v) is 5.58. The Kier molecular flexibility index (Phi) is 7.64. The van der Waals surface area contributed by atoms with E-state index in [2.05, 4.69) is 4.90 Å². The van der Waals surface area contributed by atoms with Crippen molar-refractivity contribution >= 4 is 11.1 Å². The van der Waals surface area contributed by atoms with Crippen LogP contribution in [0.3, 0.4) is 0 Å². The Bertz CT molecular complexity index is 1220. The molecule has 2 N–H and O–H groups in total. The number of phenols is 1. The molecule has 186 valence electrons. The maximum Gasteiger partial charge on any atom is 0.240 e. The van der Waals surface area contributed by atoms with Gasteiger partial charge in [-0.3, -0.25) is 4.90 Å². The number of nitrogens with zero attached hydrogens (tertiary/aromatic N) is 1. The third-order valence-electron chi connectivity index (χ3n) is 6.38. The second kappa shape index (κ2) is 10.7. The zero-order chi connectivity index (χ0) is 25.1. The van der Waals surface area contributed by atoms with E-state index in [4.69, 9.17) is 13.7 Å². The van der Waals surface area contributed by atoms with Gasteiger partial charge < -0.3 is 23.9 Å². The van der Waals surface area contributed by atoms with E-state index < -0.39 is 17.2 Å². The maximum absolute atomic E-state index is 12.9. The van der Waals surface area contributed by atoms with Crippen LogP contribution in [-0.4, -0.2) is 40.1 Å². The summed E-state index contributed by atoms with van der Waals surface area (Å²) in [5.74, 6) is 1.31. The van der Waals surface area contributed by atoms with E-state index in [9.17, 15) is 14.4 Å². The third-order valence-corrected chi connectivity index (χ3v) is 7.35. The number of aliphatic hydroxyl groups excluding tert-OH is 1. The van der Waals surface area contributed by atoms with Crippen LogP contribution in [0.15, 0.2) is 59.5 Å². The second-order valence-electron chi connectivity index (χ2n) is 8.13. The number of methoxy groups -OCH3 is 2. The third kappa shape index (κ3) is 4.61. The Balaban J connectivity index is 0.00000141. The summed E-state index contributed by atoms with van der Waals surface area (Å²) in [5.41, 5.74) is 3.37. The number of fused-ring (bicyclic) bond motifs is 4. The standard InChI is InChI=1S/C25H25NO6S.C2H6/c1-30-21-9-8-17-19(25(21)32-33(29)16-6-4-3-5-7-16)14-26-11-10-15-12-22(31-2)20(27)13-18(15)23(26)24(17)28;1-2/h3-9,12-13,23-24,27-28H,10-11,14H2,1-2H3;1-2H3. The lowest BCUT2D eigenvalue weighted by Crippen LogP contribution is -2.42. The highest BCUT2D eigenvalue weighted by Gasteiger charge is 2.41. The van der Waals surface area contributed by atoms with Gasteiger partial charge in [0.2, 0.25) is 11.1 Å². The maximum atomic E-state index is 12.9. The molecule has 3 atom stereocenters. The summed E-state index contributed by atoms with van der Waals surface area (Å²) in [6.07, 6.45) is -0.111. The first-order valence-electron chi connectivity index (χ1n) is 11.7. The fourth-order valence-electron chi connectivity index (χ4n) is 4.77. The van der Waals surface area contributed by atoms with Crippen LogP contribution in [0.1, 0.15) is 48.2 Å². The van der Waals surface area contributed by atoms with Gasteiger partial charge in [0, 0.05) is 18.7 Å². The first-order chi connectivity index (χ1) is 17.0. The quantitative estimate of drug-likeness (QED) is 0.529. The largest absolute Gasteiger partial charge is 0.504 e. The molecule has 0 aliphatic carbocycles. The van der Waals surface area contributed by atoms with Crippen LogP contribution in [0.2, 0.25) is 0 Å². The van der Waals surface area contributed by atoms with Gasteiger partial charge in [-0.25, -0.2) is 4.21 Å². The Morgan fingerprint density at radius 2 is 1.69 bits per heavy atom. The molecule has 3 unspecified atom stereocenters. The van der Waals surface area contributed by atoms with E-state index in [0.29, 0.717) is 40.8 Å². The molecule has 2 aliphatic heterocycles. The van der Waals surface area contributed by atoms with Crippen LogP contribution in [-0.2, 0) is 24.0 Å². The topological polar surface area (TPSA) is 88.5 Å². The summed E-state index contributed by atoms with van der Waals surface area (Å²) in [5, 5.41) is 21.8. The number of hydrogen-bond acceptors (Lipinski definition) is 7. The first-order valence-corrected chi connectivity index (χ1v) is 12.8. The predicted octanol–water partition coefficient (Wildman–Crippen LogP) is 4.68. The summed E-state index contributed by atoms with van der Waals surface area (Å²) in [4.78, 5) is 2.70. The number of ether oxygens (including phenoxy) is 2. The molecule has 3 aromatic carbocycles. The first kappa shape index (κ1) is 25.0. The van der Waals surface area contributed by atoms with E-state index in [-0.39, 0.29) is 11.8 Å². The van der Waals surface area contributed by atoms with Crippen molar-refractivity contribution < 1.29 is 28.1 Å². The Morgan fingerprint density at radius 3 is 2.37 bits per heavy atom. The Morgan fingerprint density at radius 1 is 0.971 bits per heavy atom. The molecule has 7 nitrogen and oxygen atoms in total. The molecule has 2 aliphatic rings. The van der Waals surface area contributed by atoms with Gasteiger partial charge >= 0.3 is 0 Å². The second-order valence-corrected chi connectivity index (χ2v) is 9.24. The highest BCUT2D eigenvalue weighted by Crippen LogP contribution is 2.50. The van der Waals surface area contributed by atoms with Gasteiger partial charge in [-0.15, -0.1) is 0 Å². The number of aliphatic hydroxyl groups is 1. The summed E-state index contributed by atoms with van der Waals surface area (Å²) in [6.45, 7) is 5.20. The average molecular weight is 498 g/mol. The molecule has 0 saturated carbocycles. The lowest BCUT2D eigenvalue weighted by atomic mass is 9.81. The smallest absolute Gasteiger partial charge is 0.240 e. The monoisotopic (exact) mass is 497 g/mol. The molecule has 0 saturated heterocycles.